The van der Waals surface area contributed by atoms with E-state index in [2.05, 4.69) is 41.6 Å². The highest BCUT2D eigenvalue weighted by Crippen LogP contribution is 2.20. The van der Waals surface area contributed by atoms with Gasteiger partial charge >= 0.3 is 5.97 Å². The first-order valence-corrected chi connectivity index (χ1v) is 20.2. The molecule has 4 nitrogen and oxygen atoms in total. The van der Waals surface area contributed by atoms with E-state index in [1.165, 1.54) is 135 Å². The van der Waals surface area contributed by atoms with E-state index < -0.39 is 0 Å². The topological polar surface area (TPSA) is 46.6 Å². The molecule has 5 heteroatoms. The predicted molar refractivity (Wildman–Crippen MR) is 191 cm³/mol. The molecule has 0 rings (SSSR count). The van der Waals surface area contributed by atoms with Gasteiger partial charge < -0.3 is 9.64 Å². The summed E-state index contributed by atoms with van der Waals surface area (Å²) in [4.78, 5) is 27.7. The molecule has 0 aliphatic rings. The summed E-state index contributed by atoms with van der Waals surface area (Å²) in [6, 6.07) is 0. The number of hydrogen-bond acceptors (Lipinski definition) is 3. The summed E-state index contributed by atoms with van der Waals surface area (Å²) < 4.78 is 5.78. The Bertz CT molecular complexity index is 600. The number of carbonyl (C=O) groups excluding carboxylic acids is 2. The van der Waals surface area contributed by atoms with Crippen LogP contribution in [0, 0.1) is 5.92 Å². The SMILES string of the molecule is CCCCCCCCC(CCCCCC)COC(=O)CCCCCN(CCCCCC)C(=O)CCCCCCCCCBr. The third-order valence-corrected chi connectivity index (χ3v) is 9.44. The van der Waals surface area contributed by atoms with E-state index in [4.69, 9.17) is 4.74 Å². The maximum atomic E-state index is 13.0. The summed E-state index contributed by atoms with van der Waals surface area (Å²) in [5.41, 5.74) is 0. The van der Waals surface area contributed by atoms with Crippen LogP contribution in [-0.4, -0.2) is 41.8 Å². The lowest BCUT2D eigenvalue weighted by molar-refractivity contribution is -0.145. The summed E-state index contributed by atoms with van der Waals surface area (Å²) >= 11 is 3.50. The van der Waals surface area contributed by atoms with Crippen LogP contribution in [0.4, 0.5) is 0 Å². The van der Waals surface area contributed by atoms with Gasteiger partial charge in [0, 0.05) is 31.3 Å². The normalized spacial score (nSPS) is 12.0. The van der Waals surface area contributed by atoms with Crippen LogP contribution in [0.25, 0.3) is 0 Å². The van der Waals surface area contributed by atoms with Gasteiger partial charge in [-0.3, -0.25) is 9.59 Å². The van der Waals surface area contributed by atoms with Gasteiger partial charge in [0.15, 0.2) is 0 Å². The highest BCUT2D eigenvalue weighted by atomic mass is 79.9. The van der Waals surface area contributed by atoms with Crippen LogP contribution in [0.3, 0.4) is 0 Å². The molecule has 1 atom stereocenters. The Morgan fingerprint density at radius 2 is 0.953 bits per heavy atom. The number of esters is 1. The molecule has 1 amide bonds. The minimum absolute atomic E-state index is 0.0267. The lowest BCUT2D eigenvalue weighted by Crippen LogP contribution is -2.32. The van der Waals surface area contributed by atoms with Crippen molar-refractivity contribution >= 4 is 27.8 Å². The number of hydrogen-bond donors (Lipinski definition) is 0. The zero-order valence-electron chi connectivity index (χ0n) is 29.3. The van der Waals surface area contributed by atoms with E-state index in [9.17, 15) is 9.59 Å². The molecule has 0 aromatic heterocycles. The molecule has 0 radical (unpaired) electrons. The maximum absolute atomic E-state index is 13.0. The second-order valence-corrected chi connectivity index (χ2v) is 13.9. The standard InChI is InChI=1S/C38H74BrNO3/c1-4-7-10-13-17-22-29-36(28-21-11-8-5-2)35-43-38(42)31-24-20-27-34-40(33-26-12-9-6-3)37(41)30-23-18-15-14-16-19-25-32-39/h36H,4-35H2,1-3H3. The molecule has 0 fully saturated rings. The van der Waals surface area contributed by atoms with Gasteiger partial charge in [0.2, 0.25) is 5.91 Å². The molecule has 0 heterocycles. The van der Waals surface area contributed by atoms with E-state index >= 15 is 0 Å². The van der Waals surface area contributed by atoms with E-state index in [-0.39, 0.29) is 5.97 Å². The molecule has 256 valence electrons. The smallest absolute Gasteiger partial charge is 0.305 e. The Balaban J connectivity index is 4.32. The molecule has 0 aromatic carbocycles. The first-order chi connectivity index (χ1) is 21.1. The maximum Gasteiger partial charge on any atom is 0.305 e. The number of ether oxygens (including phenoxy) is 1. The molecule has 0 aliphatic heterocycles. The molecular formula is C38H74BrNO3. The first kappa shape index (κ1) is 42.4. The lowest BCUT2D eigenvalue weighted by atomic mass is 9.95. The van der Waals surface area contributed by atoms with Crippen molar-refractivity contribution in [1.82, 2.24) is 4.90 Å². The summed E-state index contributed by atoms with van der Waals surface area (Å²) in [7, 11) is 0. The highest BCUT2D eigenvalue weighted by Gasteiger charge is 2.14. The second-order valence-electron chi connectivity index (χ2n) is 13.1. The van der Waals surface area contributed by atoms with Gasteiger partial charge in [0.25, 0.3) is 0 Å². The summed E-state index contributed by atoms with van der Waals surface area (Å²) in [6.45, 7) is 9.10. The average Bonchev–Trinajstić information content (AvgIpc) is 3.01. The highest BCUT2D eigenvalue weighted by molar-refractivity contribution is 9.09. The van der Waals surface area contributed by atoms with E-state index in [1.807, 2.05) is 0 Å². The van der Waals surface area contributed by atoms with Crippen LogP contribution in [0.2, 0.25) is 0 Å². The molecule has 0 spiro atoms. The van der Waals surface area contributed by atoms with Crippen molar-refractivity contribution in [2.24, 2.45) is 5.92 Å². The zero-order valence-corrected chi connectivity index (χ0v) is 30.8. The average molecular weight is 673 g/mol. The van der Waals surface area contributed by atoms with Gasteiger partial charge in [-0.1, -0.05) is 159 Å². The predicted octanol–water partition coefficient (Wildman–Crippen LogP) is 12.4. The second kappa shape index (κ2) is 34.3. The minimum atomic E-state index is -0.0267. The van der Waals surface area contributed by atoms with Gasteiger partial charge in [-0.2, -0.15) is 0 Å². The number of unbranched alkanes of at least 4 members (excludes halogenated alkanes) is 19. The third kappa shape index (κ3) is 29.9. The lowest BCUT2D eigenvalue weighted by Gasteiger charge is -2.23. The van der Waals surface area contributed by atoms with Crippen molar-refractivity contribution in [1.29, 1.82) is 0 Å². The Morgan fingerprint density at radius 3 is 1.51 bits per heavy atom. The van der Waals surface area contributed by atoms with Crippen molar-refractivity contribution in [2.75, 3.05) is 25.0 Å². The quantitative estimate of drug-likeness (QED) is 0.0388. The van der Waals surface area contributed by atoms with Crippen molar-refractivity contribution in [3.8, 4) is 0 Å². The molecule has 0 aromatic rings. The fraction of sp³-hybridized carbons (Fsp3) is 0.947. The molecule has 0 aliphatic carbocycles. The fourth-order valence-electron chi connectivity index (χ4n) is 5.92. The van der Waals surface area contributed by atoms with Crippen LogP contribution in [0.1, 0.15) is 201 Å². The van der Waals surface area contributed by atoms with E-state index in [0.717, 1.165) is 50.5 Å². The van der Waals surface area contributed by atoms with Gasteiger partial charge in [0.1, 0.15) is 0 Å². The van der Waals surface area contributed by atoms with Gasteiger partial charge in [-0.15, -0.1) is 0 Å². The van der Waals surface area contributed by atoms with Gasteiger partial charge in [-0.05, 0) is 50.9 Å². The van der Waals surface area contributed by atoms with Crippen LogP contribution in [0.15, 0.2) is 0 Å². The molecule has 0 bridgehead atoms. The van der Waals surface area contributed by atoms with E-state index in [0.29, 0.717) is 31.3 Å². The fourth-order valence-corrected chi connectivity index (χ4v) is 6.32. The molecule has 43 heavy (non-hydrogen) atoms. The van der Waals surface area contributed by atoms with Crippen molar-refractivity contribution in [2.45, 2.75) is 201 Å². The zero-order chi connectivity index (χ0) is 31.6. The number of amides is 1. The summed E-state index contributed by atoms with van der Waals surface area (Å²) in [6.07, 6.45) is 32.9. The van der Waals surface area contributed by atoms with Crippen molar-refractivity contribution in [3.05, 3.63) is 0 Å². The number of nitrogens with zero attached hydrogens (tertiary/aromatic N) is 1. The Morgan fingerprint density at radius 1 is 0.535 bits per heavy atom. The number of carbonyl (C=O) groups is 2. The first-order valence-electron chi connectivity index (χ1n) is 19.1. The number of halogens is 1. The Kier molecular flexibility index (Phi) is 33.8. The van der Waals surface area contributed by atoms with Gasteiger partial charge in [0.05, 0.1) is 6.61 Å². The third-order valence-electron chi connectivity index (χ3n) is 8.88. The Labute approximate surface area is 277 Å². The van der Waals surface area contributed by atoms with E-state index in [1.54, 1.807) is 0 Å². The van der Waals surface area contributed by atoms with Crippen LogP contribution < -0.4 is 0 Å². The molecule has 0 saturated carbocycles. The number of alkyl halides is 1. The minimum Gasteiger partial charge on any atom is -0.465 e. The monoisotopic (exact) mass is 671 g/mol. The van der Waals surface area contributed by atoms with Crippen LogP contribution in [-0.2, 0) is 14.3 Å². The van der Waals surface area contributed by atoms with Gasteiger partial charge in [-0.25, -0.2) is 0 Å². The summed E-state index contributed by atoms with van der Waals surface area (Å²) in [5.74, 6) is 0.838. The molecule has 1 unspecified atom stereocenters. The number of rotatable bonds is 34. The van der Waals surface area contributed by atoms with Crippen LogP contribution >= 0.6 is 15.9 Å². The summed E-state index contributed by atoms with van der Waals surface area (Å²) in [5, 5.41) is 1.11. The molecule has 0 saturated heterocycles. The Hall–Kier alpha value is -0.580. The molecular weight excluding hydrogens is 598 g/mol. The largest absolute Gasteiger partial charge is 0.465 e. The van der Waals surface area contributed by atoms with Crippen molar-refractivity contribution < 1.29 is 14.3 Å². The molecule has 0 N–H and O–H groups in total. The van der Waals surface area contributed by atoms with Crippen molar-refractivity contribution in [3.63, 3.8) is 0 Å². The van der Waals surface area contributed by atoms with Crippen LogP contribution in [0.5, 0.6) is 0 Å².